The molecule has 8 nitrogen and oxygen atoms in total. The van der Waals surface area contributed by atoms with Gasteiger partial charge >= 0.3 is 11.9 Å². The molecular formula is C26H34Cl2N2O6. The molecule has 198 valence electrons. The van der Waals surface area contributed by atoms with E-state index in [-0.39, 0.29) is 0 Å². The van der Waals surface area contributed by atoms with Gasteiger partial charge in [-0.05, 0) is 36.8 Å². The van der Waals surface area contributed by atoms with E-state index in [2.05, 4.69) is 23.1 Å². The number of benzene rings is 1. The van der Waals surface area contributed by atoms with Crippen LogP contribution >= 0.6 is 23.2 Å². The minimum Gasteiger partial charge on any atom is -0.463 e. The smallest absolute Gasteiger partial charge is 0.330 e. The van der Waals surface area contributed by atoms with Crippen LogP contribution in [0.3, 0.4) is 0 Å². The van der Waals surface area contributed by atoms with Crippen LogP contribution < -0.4 is 0 Å². The minimum atomic E-state index is -0.437. The van der Waals surface area contributed by atoms with Gasteiger partial charge in [0, 0.05) is 23.9 Å². The molecule has 0 aliphatic heterocycles. The molecule has 0 unspecified atom stereocenters. The summed E-state index contributed by atoms with van der Waals surface area (Å²) < 4.78 is 9.41. The molecule has 0 saturated carbocycles. The predicted octanol–water partition coefficient (Wildman–Crippen LogP) is 5.61. The lowest BCUT2D eigenvalue weighted by molar-refractivity contribution is -0.140. The van der Waals surface area contributed by atoms with E-state index in [1.807, 2.05) is 24.3 Å². The van der Waals surface area contributed by atoms with Gasteiger partial charge in [-0.2, -0.15) is 0 Å². The van der Waals surface area contributed by atoms with Gasteiger partial charge in [0.15, 0.2) is 0 Å². The topological polar surface area (TPSA) is 111 Å². The van der Waals surface area contributed by atoms with Crippen LogP contribution in [-0.4, -0.2) is 50.4 Å². The Kier molecular flexibility index (Phi) is 27.5. The molecule has 0 aliphatic carbocycles. The second-order valence-corrected chi connectivity index (χ2v) is 7.43. The second-order valence-electron chi connectivity index (χ2n) is 6.89. The van der Waals surface area contributed by atoms with Gasteiger partial charge in [-0.15, -0.1) is 23.2 Å². The van der Waals surface area contributed by atoms with Gasteiger partial charge in [0.2, 0.25) is 12.2 Å². The molecule has 0 saturated heterocycles. The lowest BCUT2D eigenvalue weighted by atomic mass is 10.2. The molecule has 1 rings (SSSR count). The average Bonchev–Trinajstić information content (AvgIpc) is 2.92. The number of alkyl halides is 2. The zero-order valence-corrected chi connectivity index (χ0v) is 22.0. The van der Waals surface area contributed by atoms with E-state index in [9.17, 15) is 19.2 Å². The molecule has 0 aromatic heterocycles. The summed E-state index contributed by atoms with van der Waals surface area (Å²) in [5, 5.41) is 0. The molecule has 0 fully saturated rings. The summed E-state index contributed by atoms with van der Waals surface area (Å²) in [5.41, 5.74) is 2.27. The molecule has 10 heteroatoms. The standard InChI is InChI=1S/C10H14O4.C8H8Cl2.C8H12N2O2/c1-3-9(11)13-7-5-6-8-14-10(12)4-2;9-5-7-1-2-8(6-10)4-3-7;11-7-9-5-3-1-2-4-6-10-8-12/h3-4H,1-2,5-8H2;1-4H,5-6H2;1-6H2. The number of unbranched alkanes of at least 4 members (excludes halogenated alkanes) is 4. The van der Waals surface area contributed by atoms with E-state index in [0.717, 1.165) is 49.0 Å². The van der Waals surface area contributed by atoms with E-state index >= 15 is 0 Å². The predicted molar refractivity (Wildman–Crippen MR) is 142 cm³/mol. The summed E-state index contributed by atoms with van der Waals surface area (Å²) in [6.07, 6.45) is 10.3. The highest BCUT2D eigenvalue weighted by atomic mass is 35.5. The van der Waals surface area contributed by atoms with Crippen LogP contribution in [-0.2, 0) is 40.4 Å². The number of ether oxygens (including phenoxy) is 2. The van der Waals surface area contributed by atoms with Crippen molar-refractivity contribution in [1.29, 1.82) is 0 Å². The Balaban J connectivity index is 0. The summed E-state index contributed by atoms with van der Waals surface area (Å²) in [5.74, 6) is 0.270. The average molecular weight is 541 g/mol. The van der Waals surface area contributed by atoms with Crippen molar-refractivity contribution < 1.29 is 28.7 Å². The molecule has 0 N–H and O–H groups in total. The molecule has 0 atom stereocenters. The third-order valence-electron chi connectivity index (χ3n) is 4.11. The van der Waals surface area contributed by atoms with Crippen molar-refractivity contribution in [2.75, 3.05) is 26.3 Å². The van der Waals surface area contributed by atoms with Crippen LogP contribution in [0.5, 0.6) is 0 Å². The molecule has 0 radical (unpaired) electrons. The summed E-state index contributed by atoms with van der Waals surface area (Å²) in [6.45, 7) is 8.25. The Bertz CT molecular complexity index is 764. The van der Waals surface area contributed by atoms with E-state index in [4.69, 9.17) is 32.7 Å². The van der Waals surface area contributed by atoms with Crippen molar-refractivity contribution >= 4 is 47.3 Å². The third-order valence-corrected chi connectivity index (χ3v) is 4.73. The monoisotopic (exact) mass is 540 g/mol. The Hall–Kier alpha value is -3.02. The van der Waals surface area contributed by atoms with Crippen LogP contribution in [0.4, 0.5) is 0 Å². The number of aliphatic imine (C=N–C) groups is 2. The van der Waals surface area contributed by atoms with Gasteiger partial charge < -0.3 is 9.47 Å². The van der Waals surface area contributed by atoms with Gasteiger partial charge in [0.25, 0.3) is 0 Å². The summed E-state index contributed by atoms with van der Waals surface area (Å²) in [6, 6.07) is 7.96. The molecule has 0 aliphatic rings. The van der Waals surface area contributed by atoms with Crippen molar-refractivity contribution in [2.24, 2.45) is 9.98 Å². The Morgan fingerprint density at radius 2 is 1.08 bits per heavy atom. The summed E-state index contributed by atoms with van der Waals surface area (Å²) in [7, 11) is 0. The van der Waals surface area contributed by atoms with Gasteiger partial charge in [-0.1, -0.05) is 50.3 Å². The van der Waals surface area contributed by atoms with E-state index in [1.165, 1.54) is 12.2 Å². The van der Waals surface area contributed by atoms with E-state index in [0.29, 0.717) is 50.9 Å². The normalized spacial score (nSPS) is 8.94. The van der Waals surface area contributed by atoms with Crippen LogP contribution in [0.25, 0.3) is 0 Å². The molecule has 36 heavy (non-hydrogen) atoms. The number of hydrogen-bond donors (Lipinski definition) is 0. The van der Waals surface area contributed by atoms with Crippen molar-refractivity contribution in [3.8, 4) is 0 Å². The zero-order chi connectivity index (χ0) is 27.3. The lowest BCUT2D eigenvalue weighted by Crippen LogP contribution is -2.05. The second kappa shape index (κ2) is 28.2. The number of nitrogens with zero attached hydrogens (tertiary/aromatic N) is 2. The number of carbonyl (C=O) groups excluding carboxylic acids is 4. The first-order valence-electron chi connectivity index (χ1n) is 11.3. The summed E-state index contributed by atoms with van der Waals surface area (Å²) in [4.78, 5) is 47.2. The molecule has 0 amide bonds. The minimum absolute atomic E-state index is 0.316. The maximum atomic E-state index is 10.6. The zero-order valence-electron chi connectivity index (χ0n) is 20.5. The maximum absolute atomic E-state index is 10.6. The highest BCUT2D eigenvalue weighted by Gasteiger charge is 1.97. The fourth-order valence-corrected chi connectivity index (χ4v) is 2.57. The first-order chi connectivity index (χ1) is 17.5. The Morgan fingerprint density at radius 3 is 1.36 bits per heavy atom. The van der Waals surface area contributed by atoms with E-state index in [1.54, 1.807) is 0 Å². The van der Waals surface area contributed by atoms with Crippen LogP contribution in [0, 0.1) is 0 Å². The number of rotatable bonds is 16. The molecular weight excluding hydrogens is 507 g/mol. The molecule has 1 aromatic rings. The quantitative estimate of drug-likeness (QED) is 0.0672. The number of isocyanates is 2. The molecule has 1 aromatic carbocycles. The molecule has 0 bridgehead atoms. The van der Waals surface area contributed by atoms with Gasteiger partial charge in [0.1, 0.15) is 0 Å². The van der Waals surface area contributed by atoms with Crippen molar-refractivity contribution in [3.05, 3.63) is 60.7 Å². The van der Waals surface area contributed by atoms with Crippen molar-refractivity contribution in [1.82, 2.24) is 0 Å². The number of halogens is 2. The Morgan fingerprint density at radius 1 is 0.722 bits per heavy atom. The number of hydrogen-bond acceptors (Lipinski definition) is 8. The van der Waals surface area contributed by atoms with Crippen LogP contribution in [0.15, 0.2) is 59.6 Å². The van der Waals surface area contributed by atoms with Crippen LogP contribution in [0.2, 0.25) is 0 Å². The number of esters is 2. The van der Waals surface area contributed by atoms with Crippen molar-refractivity contribution in [3.63, 3.8) is 0 Å². The van der Waals surface area contributed by atoms with Gasteiger partial charge in [0.05, 0.1) is 26.3 Å². The first kappa shape index (κ1) is 35.1. The highest BCUT2D eigenvalue weighted by molar-refractivity contribution is 6.17. The third kappa shape index (κ3) is 25.6. The summed E-state index contributed by atoms with van der Waals surface area (Å²) >= 11 is 11.2. The SMILES string of the molecule is C=CC(=O)OCCCCOC(=O)C=C.ClCc1ccc(CCl)cc1.O=C=NCCCCCCN=C=O. The largest absolute Gasteiger partial charge is 0.463 e. The van der Waals surface area contributed by atoms with Crippen molar-refractivity contribution in [2.45, 2.75) is 50.3 Å². The van der Waals surface area contributed by atoms with Crippen LogP contribution in [0.1, 0.15) is 49.7 Å². The van der Waals surface area contributed by atoms with E-state index < -0.39 is 11.9 Å². The fraction of sp³-hybridized carbons (Fsp3) is 0.462. The Labute approximate surface area is 223 Å². The number of carbonyl (C=O) groups is 2. The first-order valence-corrected chi connectivity index (χ1v) is 12.4. The maximum Gasteiger partial charge on any atom is 0.330 e. The highest BCUT2D eigenvalue weighted by Crippen LogP contribution is 2.08. The van der Waals surface area contributed by atoms with Gasteiger partial charge in [-0.3, -0.25) is 0 Å². The molecule has 0 spiro atoms. The lowest BCUT2D eigenvalue weighted by Gasteiger charge is -2.02. The fourth-order valence-electron chi connectivity index (χ4n) is 2.21. The molecule has 0 heterocycles. The van der Waals surface area contributed by atoms with Gasteiger partial charge in [-0.25, -0.2) is 29.2 Å².